The van der Waals surface area contributed by atoms with Crippen LogP contribution in [0.15, 0.2) is 53.5 Å². The molecule has 4 heterocycles. The molecule has 0 saturated heterocycles. The molecular formula is C25H23F3N6O2S. The second kappa shape index (κ2) is 7.67. The Hall–Kier alpha value is -3.67. The van der Waals surface area contributed by atoms with Crippen LogP contribution in [0.3, 0.4) is 0 Å². The van der Waals surface area contributed by atoms with E-state index in [1.54, 1.807) is 14.1 Å². The molecule has 0 atom stereocenters. The Balaban J connectivity index is 1.50. The van der Waals surface area contributed by atoms with Crippen LogP contribution in [0.25, 0.3) is 33.9 Å². The first kappa shape index (κ1) is 23.7. The summed E-state index contributed by atoms with van der Waals surface area (Å²) in [7, 11) is -0.550. The van der Waals surface area contributed by atoms with E-state index in [2.05, 4.69) is 20.3 Å². The highest BCUT2D eigenvalue weighted by molar-refractivity contribution is 7.91. The normalized spacial score (nSPS) is 16.5. The van der Waals surface area contributed by atoms with E-state index in [-0.39, 0.29) is 33.2 Å². The summed E-state index contributed by atoms with van der Waals surface area (Å²) in [6.07, 6.45) is 0.627. The molecule has 12 heteroatoms. The van der Waals surface area contributed by atoms with Crippen molar-refractivity contribution in [3.63, 3.8) is 0 Å². The lowest BCUT2D eigenvalue weighted by Gasteiger charge is -2.12. The highest BCUT2D eigenvalue weighted by Gasteiger charge is 2.50. The number of hydrogen-bond donors (Lipinski definition) is 1. The van der Waals surface area contributed by atoms with Crippen molar-refractivity contribution in [1.29, 1.82) is 0 Å². The molecular weight excluding hydrogens is 505 g/mol. The van der Waals surface area contributed by atoms with Gasteiger partial charge in [0.2, 0.25) is 0 Å². The fraction of sp³-hybridized carbons (Fsp3) is 0.320. The zero-order chi connectivity index (χ0) is 26.3. The summed E-state index contributed by atoms with van der Waals surface area (Å²) >= 11 is 0. The van der Waals surface area contributed by atoms with Crippen LogP contribution in [-0.2, 0) is 35.5 Å². The average Bonchev–Trinajstić information content (AvgIpc) is 3.78. The monoisotopic (exact) mass is 528 g/mol. The highest BCUT2D eigenvalue weighted by Crippen LogP contribution is 2.55. The molecule has 6 rings (SSSR count). The smallest absolute Gasteiger partial charge is 0.362 e. The molecule has 1 fully saturated rings. The zero-order valence-electron chi connectivity index (χ0n) is 20.3. The number of allylic oxidation sites excluding steroid dienone is 1. The summed E-state index contributed by atoms with van der Waals surface area (Å²) in [4.78, 5) is 12.6. The van der Waals surface area contributed by atoms with Gasteiger partial charge in [0.15, 0.2) is 20.7 Å². The number of alkyl halides is 3. The van der Waals surface area contributed by atoms with E-state index in [9.17, 15) is 21.6 Å². The van der Waals surface area contributed by atoms with Gasteiger partial charge in [-0.25, -0.2) is 23.4 Å². The van der Waals surface area contributed by atoms with Gasteiger partial charge in [0.05, 0.1) is 23.0 Å². The Morgan fingerprint density at radius 2 is 1.73 bits per heavy atom. The van der Waals surface area contributed by atoms with Crippen LogP contribution in [0.4, 0.5) is 13.2 Å². The van der Waals surface area contributed by atoms with Gasteiger partial charge < -0.3 is 14.5 Å². The van der Waals surface area contributed by atoms with E-state index in [1.165, 1.54) is 27.3 Å². The number of aryl methyl sites for hydroxylation is 1. The number of rotatable bonds is 6. The van der Waals surface area contributed by atoms with Crippen LogP contribution in [0, 0.1) is 0 Å². The van der Waals surface area contributed by atoms with E-state index < -0.39 is 21.7 Å². The van der Waals surface area contributed by atoms with Gasteiger partial charge in [-0.1, -0.05) is 31.2 Å². The summed E-state index contributed by atoms with van der Waals surface area (Å²) in [6.45, 7) is 1.53. The predicted octanol–water partition coefficient (Wildman–Crippen LogP) is 4.32. The molecule has 1 aliphatic heterocycles. The maximum absolute atomic E-state index is 13.2. The number of benzene rings is 1. The van der Waals surface area contributed by atoms with E-state index in [1.807, 2.05) is 30.5 Å². The molecule has 1 saturated carbocycles. The van der Waals surface area contributed by atoms with E-state index in [4.69, 9.17) is 0 Å². The van der Waals surface area contributed by atoms with Crippen LogP contribution in [0.5, 0.6) is 0 Å². The summed E-state index contributed by atoms with van der Waals surface area (Å²) in [6, 6.07) is 8.76. The van der Waals surface area contributed by atoms with Crippen molar-refractivity contribution in [3.8, 4) is 22.9 Å². The lowest BCUT2D eigenvalue weighted by Crippen LogP contribution is -2.11. The van der Waals surface area contributed by atoms with Gasteiger partial charge >= 0.3 is 6.18 Å². The molecule has 2 aliphatic rings. The van der Waals surface area contributed by atoms with Crippen molar-refractivity contribution < 1.29 is 21.6 Å². The molecule has 3 aromatic heterocycles. The van der Waals surface area contributed by atoms with Crippen molar-refractivity contribution in [2.24, 2.45) is 14.1 Å². The number of pyridine rings is 1. The first-order valence-corrected chi connectivity index (χ1v) is 13.4. The minimum absolute atomic E-state index is 0.0394. The Labute approximate surface area is 210 Å². The van der Waals surface area contributed by atoms with Gasteiger partial charge in [-0.2, -0.15) is 13.2 Å². The first-order valence-electron chi connectivity index (χ1n) is 11.7. The second-order valence-corrected chi connectivity index (χ2v) is 11.7. The first-order chi connectivity index (χ1) is 17.5. The summed E-state index contributed by atoms with van der Waals surface area (Å²) in [5, 5.41) is 3.16. The Kier molecular flexibility index (Phi) is 4.91. The van der Waals surface area contributed by atoms with Gasteiger partial charge in [0, 0.05) is 37.0 Å². The molecule has 0 amide bonds. The maximum Gasteiger partial charge on any atom is 0.433 e. The molecule has 37 heavy (non-hydrogen) atoms. The summed E-state index contributed by atoms with van der Waals surface area (Å²) < 4.78 is 69.0. The quantitative estimate of drug-likeness (QED) is 0.400. The van der Waals surface area contributed by atoms with E-state index in [0.29, 0.717) is 11.3 Å². The second-order valence-electron chi connectivity index (χ2n) is 9.46. The minimum atomic E-state index is -4.63. The molecule has 0 spiro atoms. The Morgan fingerprint density at radius 3 is 2.30 bits per heavy atom. The van der Waals surface area contributed by atoms with Crippen molar-refractivity contribution >= 4 is 20.9 Å². The third kappa shape index (κ3) is 3.64. The predicted molar refractivity (Wildman–Crippen MR) is 131 cm³/mol. The third-order valence-electron chi connectivity index (χ3n) is 7.24. The largest absolute Gasteiger partial charge is 0.433 e. The average molecular weight is 529 g/mol. The summed E-state index contributed by atoms with van der Waals surface area (Å²) in [5.74, 6) is 0.389. The highest BCUT2D eigenvalue weighted by atomic mass is 32.2. The zero-order valence-corrected chi connectivity index (χ0v) is 21.1. The SMILES string of the molecule is CCS(=O)(=O)c1c(-c2nc3cc(C(F)(F)F)ncc3n2C)nc(-c2ccc(C3(C4=CN4)CC3)cc2)n1C. The fourth-order valence-electron chi connectivity index (χ4n) is 4.92. The van der Waals surface area contributed by atoms with Gasteiger partial charge in [0.1, 0.15) is 17.2 Å². The van der Waals surface area contributed by atoms with Crippen molar-refractivity contribution in [2.75, 3.05) is 5.75 Å². The molecule has 192 valence electrons. The van der Waals surface area contributed by atoms with Crippen molar-refractivity contribution in [1.82, 2.24) is 29.4 Å². The van der Waals surface area contributed by atoms with Crippen LogP contribution in [0.2, 0.25) is 0 Å². The number of halogens is 3. The summed E-state index contributed by atoms with van der Waals surface area (Å²) in [5.41, 5.74) is 2.59. The van der Waals surface area contributed by atoms with Crippen LogP contribution in [0.1, 0.15) is 31.0 Å². The minimum Gasteiger partial charge on any atom is -0.362 e. The van der Waals surface area contributed by atoms with Crippen LogP contribution >= 0.6 is 0 Å². The molecule has 1 aromatic carbocycles. The lowest BCUT2D eigenvalue weighted by atomic mass is 9.94. The molecule has 0 bridgehead atoms. The van der Waals surface area contributed by atoms with Crippen molar-refractivity contribution in [3.05, 3.63) is 59.7 Å². The topological polar surface area (TPSA) is 105 Å². The number of imidazole rings is 2. The van der Waals surface area contributed by atoms with Crippen LogP contribution < -0.4 is 5.32 Å². The molecule has 8 nitrogen and oxygen atoms in total. The lowest BCUT2D eigenvalue weighted by molar-refractivity contribution is -0.141. The molecule has 0 unspecified atom stereocenters. The van der Waals surface area contributed by atoms with Gasteiger partial charge in [-0.3, -0.25) is 0 Å². The standard InChI is InChI=1S/C25H23F3N6O2S/c1-4-37(35,36)23-20(22-31-16-11-18(25(26,27)28)29-12-17(16)33(22)2)32-21(34(23)3)14-5-7-15(8-6-14)24(9-10-24)19-13-30-19/h5-8,11-13,30H,4,9-10H2,1-3H3. The number of nitrogens with zero attached hydrogens (tertiary/aromatic N) is 5. The number of hydrogen-bond acceptors (Lipinski definition) is 6. The van der Waals surface area contributed by atoms with Crippen molar-refractivity contribution in [2.45, 2.75) is 36.4 Å². The Morgan fingerprint density at radius 1 is 1.05 bits per heavy atom. The number of sulfone groups is 1. The van der Waals surface area contributed by atoms with Gasteiger partial charge in [0.25, 0.3) is 0 Å². The third-order valence-corrected chi connectivity index (χ3v) is 9.05. The fourth-order valence-corrected chi connectivity index (χ4v) is 6.13. The van der Waals surface area contributed by atoms with Gasteiger partial charge in [-0.15, -0.1) is 0 Å². The van der Waals surface area contributed by atoms with Crippen LogP contribution in [-0.4, -0.2) is 38.3 Å². The maximum atomic E-state index is 13.2. The molecule has 1 N–H and O–H groups in total. The number of fused-ring (bicyclic) bond motifs is 1. The number of nitrogens with one attached hydrogen (secondary N) is 1. The van der Waals surface area contributed by atoms with Gasteiger partial charge in [-0.05, 0) is 24.5 Å². The molecule has 1 aliphatic carbocycles. The molecule has 0 radical (unpaired) electrons. The number of aromatic nitrogens is 5. The van der Waals surface area contributed by atoms with E-state index >= 15 is 0 Å². The molecule has 4 aromatic rings. The van der Waals surface area contributed by atoms with E-state index in [0.717, 1.165) is 30.7 Å². The Bertz CT molecular complexity index is 1710.